The molecule has 3 rings (SSSR count). The van der Waals surface area contributed by atoms with Crippen molar-refractivity contribution in [2.75, 3.05) is 45.1 Å². The van der Waals surface area contributed by atoms with E-state index in [1.165, 1.54) is 22.5 Å². The second-order valence-electron chi connectivity index (χ2n) is 6.71. The van der Waals surface area contributed by atoms with Crippen molar-refractivity contribution in [1.82, 2.24) is 9.21 Å². The molecule has 2 aliphatic heterocycles. The van der Waals surface area contributed by atoms with Gasteiger partial charge in [-0.25, -0.2) is 8.42 Å². The van der Waals surface area contributed by atoms with Crippen molar-refractivity contribution < 1.29 is 27.9 Å². The largest absolute Gasteiger partial charge is 0.481 e. The summed E-state index contributed by atoms with van der Waals surface area (Å²) in [5.41, 5.74) is 0.228. The number of carbonyl (C=O) groups is 2. The zero-order chi connectivity index (χ0) is 20.1. The number of hydrogen-bond donors (Lipinski definition) is 1. The van der Waals surface area contributed by atoms with Crippen molar-refractivity contribution >= 4 is 33.7 Å². The number of piperidine rings is 1. The molecule has 1 aromatic carbocycles. The number of amides is 1. The van der Waals surface area contributed by atoms with Crippen LogP contribution in [0.15, 0.2) is 28.0 Å². The highest BCUT2D eigenvalue weighted by molar-refractivity contribution is 8.00. The Morgan fingerprint density at radius 1 is 1.07 bits per heavy atom. The summed E-state index contributed by atoms with van der Waals surface area (Å²) in [6.45, 7) is 2.65. The Labute approximate surface area is 168 Å². The van der Waals surface area contributed by atoms with E-state index in [1.54, 1.807) is 4.90 Å². The monoisotopic (exact) mass is 428 g/mol. The minimum atomic E-state index is -3.68. The Balaban J connectivity index is 1.94. The summed E-state index contributed by atoms with van der Waals surface area (Å²) in [6, 6.07) is 4.40. The van der Waals surface area contributed by atoms with Crippen LogP contribution in [0.5, 0.6) is 0 Å². The summed E-state index contributed by atoms with van der Waals surface area (Å²) in [5, 5.41) is 8.97. The summed E-state index contributed by atoms with van der Waals surface area (Å²) < 4.78 is 32.7. The van der Waals surface area contributed by atoms with Crippen LogP contribution < -0.4 is 0 Å². The third-order valence-corrected chi connectivity index (χ3v) is 7.74. The van der Waals surface area contributed by atoms with Crippen LogP contribution in [-0.4, -0.2) is 79.8 Å². The third kappa shape index (κ3) is 4.86. The van der Waals surface area contributed by atoms with Crippen LogP contribution in [0.25, 0.3) is 0 Å². The molecule has 0 unspecified atom stereocenters. The quantitative estimate of drug-likeness (QED) is 0.685. The first kappa shape index (κ1) is 21.1. The summed E-state index contributed by atoms with van der Waals surface area (Å²) in [6.07, 6.45) is 2.66. The Kier molecular flexibility index (Phi) is 6.97. The maximum absolute atomic E-state index is 13.0. The van der Waals surface area contributed by atoms with Gasteiger partial charge >= 0.3 is 5.97 Å². The van der Waals surface area contributed by atoms with E-state index < -0.39 is 16.0 Å². The highest BCUT2D eigenvalue weighted by atomic mass is 32.2. The fourth-order valence-corrected chi connectivity index (χ4v) is 5.58. The van der Waals surface area contributed by atoms with Crippen LogP contribution in [0, 0.1) is 0 Å². The minimum Gasteiger partial charge on any atom is -0.481 e. The molecule has 1 amide bonds. The van der Waals surface area contributed by atoms with E-state index in [4.69, 9.17) is 9.84 Å². The average molecular weight is 429 g/mol. The molecule has 8 nitrogen and oxygen atoms in total. The molecule has 1 N–H and O–H groups in total. The Hall–Kier alpha value is -1.62. The summed E-state index contributed by atoms with van der Waals surface area (Å²) in [7, 11) is -3.68. The van der Waals surface area contributed by atoms with E-state index in [-0.39, 0.29) is 22.1 Å². The molecular formula is C18H24N2O6S2. The number of carbonyl (C=O) groups excluding carboxylic acids is 1. The maximum Gasteiger partial charge on any atom is 0.313 e. The smallest absolute Gasteiger partial charge is 0.313 e. The Bertz CT molecular complexity index is 830. The molecule has 1 aromatic rings. The molecule has 0 spiro atoms. The standard InChI is InChI=1S/C18H24N2O6S2/c21-17(22)13-27-16-5-4-14(28(24,25)20-6-2-1-3-7-20)12-15(16)18(23)19-8-10-26-11-9-19/h4-5,12H,1-3,6-11,13H2,(H,21,22). The van der Waals surface area contributed by atoms with Crippen LogP contribution in [0.1, 0.15) is 29.6 Å². The molecule has 28 heavy (non-hydrogen) atoms. The first-order valence-corrected chi connectivity index (χ1v) is 11.7. The lowest BCUT2D eigenvalue weighted by Gasteiger charge is -2.28. The molecule has 0 bridgehead atoms. The van der Waals surface area contributed by atoms with Crippen LogP contribution >= 0.6 is 11.8 Å². The van der Waals surface area contributed by atoms with Crippen LogP contribution in [0.3, 0.4) is 0 Å². The second-order valence-corrected chi connectivity index (χ2v) is 9.66. The summed E-state index contributed by atoms with van der Waals surface area (Å²) in [5.74, 6) is -1.51. The number of carboxylic acid groups (broad SMARTS) is 1. The maximum atomic E-state index is 13.0. The molecule has 2 heterocycles. The highest BCUT2D eigenvalue weighted by Gasteiger charge is 2.29. The van der Waals surface area contributed by atoms with Crippen molar-refractivity contribution in [1.29, 1.82) is 0 Å². The number of sulfonamides is 1. The number of thioether (sulfide) groups is 1. The van der Waals surface area contributed by atoms with Gasteiger partial charge < -0.3 is 14.7 Å². The van der Waals surface area contributed by atoms with Crippen molar-refractivity contribution in [3.8, 4) is 0 Å². The SMILES string of the molecule is O=C(O)CSc1ccc(S(=O)(=O)N2CCCCC2)cc1C(=O)N1CCOCC1. The molecule has 0 atom stereocenters. The van der Waals surface area contributed by atoms with Gasteiger partial charge in [0.1, 0.15) is 0 Å². The van der Waals surface area contributed by atoms with Crippen LogP contribution in [0.4, 0.5) is 0 Å². The molecular weight excluding hydrogens is 404 g/mol. The first-order valence-electron chi connectivity index (χ1n) is 9.25. The van der Waals surface area contributed by atoms with Crippen molar-refractivity contribution in [3.05, 3.63) is 23.8 Å². The van der Waals surface area contributed by atoms with E-state index in [9.17, 15) is 18.0 Å². The molecule has 2 fully saturated rings. The molecule has 0 aromatic heterocycles. The molecule has 2 aliphatic rings. The minimum absolute atomic E-state index is 0.0747. The van der Waals surface area contributed by atoms with E-state index in [1.807, 2.05) is 0 Å². The van der Waals surface area contributed by atoms with Gasteiger partial charge in [-0.3, -0.25) is 9.59 Å². The van der Waals surface area contributed by atoms with Crippen molar-refractivity contribution in [2.24, 2.45) is 0 Å². The lowest BCUT2D eigenvalue weighted by atomic mass is 10.2. The molecule has 0 saturated carbocycles. The van der Waals surface area contributed by atoms with Gasteiger partial charge in [-0.15, -0.1) is 11.8 Å². The van der Waals surface area contributed by atoms with Crippen molar-refractivity contribution in [2.45, 2.75) is 29.1 Å². The lowest BCUT2D eigenvalue weighted by molar-refractivity contribution is -0.133. The number of benzene rings is 1. The van der Waals surface area contributed by atoms with Gasteiger partial charge in [0.15, 0.2) is 0 Å². The fraction of sp³-hybridized carbons (Fsp3) is 0.556. The van der Waals surface area contributed by atoms with Crippen molar-refractivity contribution in [3.63, 3.8) is 0 Å². The van der Waals surface area contributed by atoms with Gasteiger partial charge in [-0.2, -0.15) is 4.31 Å². The molecule has 2 saturated heterocycles. The van der Waals surface area contributed by atoms with Crippen LogP contribution in [-0.2, 0) is 19.6 Å². The predicted octanol–water partition coefficient (Wildman–Crippen LogP) is 1.51. The third-order valence-electron chi connectivity index (χ3n) is 4.78. The van der Waals surface area contributed by atoms with Gasteiger partial charge in [0.25, 0.3) is 5.91 Å². The average Bonchev–Trinajstić information content (AvgIpc) is 2.72. The number of hydrogen-bond acceptors (Lipinski definition) is 6. The van der Waals surface area contributed by atoms with Gasteiger partial charge in [0.05, 0.1) is 29.4 Å². The number of ether oxygens (including phenoxy) is 1. The molecule has 0 aliphatic carbocycles. The topological polar surface area (TPSA) is 104 Å². The van der Waals surface area contributed by atoms with Gasteiger partial charge in [-0.1, -0.05) is 6.42 Å². The van der Waals surface area contributed by atoms with E-state index in [2.05, 4.69) is 0 Å². The summed E-state index contributed by atoms with van der Waals surface area (Å²) in [4.78, 5) is 26.1. The number of morpholine rings is 1. The fourth-order valence-electron chi connectivity index (χ4n) is 3.29. The van der Waals surface area contributed by atoms with Crippen LogP contribution in [0.2, 0.25) is 0 Å². The van der Waals surface area contributed by atoms with E-state index in [0.717, 1.165) is 31.0 Å². The Morgan fingerprint density at radius 3 is 2.39 bits per heavy atom. The predicted molar refractivity (Wildman–Crippen MR) is 104 cm³/mol. The summed E-state index contributed by atoms with van der Waals surface area (Å²) >= 11 is 1.02. The zero-order valence-corrected chi connectivity index (χ0v) is 17.1. The first-order chi connectivity index (χ1) is 13.4. The zero-order valence-electron chi connectivity index (χ0n) is 15.5. The number of carboxylic acids is 1. The normalized spacial score (nSPS) is 18.8. The number of nitrogens with zero attached hydrogens (tertiary/aromatic N) is 2. The highest BCUT2D eigenvalue weighted by Crippen LogP contribution is 2.29. The lowest BCUT2D eigenvalue weighted by Crippen LogP contribution is -2.41. The van der Waals surface area contributed by atoms with Gasteiger partial charge in [0.2, 0.25) is 10.0 Å². The Morgan fingerprint density at radius 2 is 1.75 bits per heavy atom. The van der Waals surface area contributed by atoms with E-state index >= 15 is 0 Å². The van der Waals surface area contributed by atoms with Gasteiger partial charge in [-0.05, 0) is 31.0 Å². The second kappa shape index (κ2) is 9.25. The molecule has 154 valence electrons. The number of rotatable bonds is 6. The molecule has 0 radical (unpaired) electrons. The van der Waals surface area contributed by atoms with E-state index in [0.29, 0.717) is 44.3 Å². The van der Waals surface area contributed by atoms with Gasteiger partial charge in [0, 0.05) is 31.1 Å². The number of aliphatic carboxylic acids is 1. The molecule has 10 heteroatoms.